The van der Waals surface area contributed by atoms with Crippen LogP contribution in [0.1, 0.15) is 16.1 Å². The van der Waals surface area contributed by atoms with Crippen molar-refractivity contribution in [2.45, 2.75) is 6.61 Å². The maximum absolute atomic E-state index is 12.4. The van der Waals surface area contributed by atoms with E-state index in [1.807, 2.05) is 30.3 Å². The van der Waals surface area contributed by atoms with E-state index in [-0.39, 0.29) is 23.1 Å². The molecule has 0 radical (unpaired) electrons. The predicted octanol–water partition coefficient (Wildman–Crippen LogP) is 4.15. The fraction of sp³-hybridized carbons (Fsp3) is 0.111. The number of carbonyl (C=O) groups excluding carboxylic acids is 1. The number of hydrogen-bond donors (Lipinski definition) is 0. The molecule has 0 N–H and O–H groups in total. The fourth-order valence-corrected chi connectivity index (χ4v) is 2.83. The van der Waals surface area contributed by atoms with E-state index in [2.05, 4.69) is 0 Å². The summed E-state index contributed by atoms with van der Waals surface area (Å²) >= 11 is 12.2. The number of nitrogens with zero attached hydrogens (tertiary/aromatic N) is 1. The zero-order valence-electron chi connectivity index (χ0n) is 13.2. The third kappa shape index (κ3) is 3.34. The van der Waals surface area contributed by atoms with Crippen LogP contribution in [-0.2, 0) is 11.3 Å². The highest BCUT2D eigenvalue weighted by atomic mass is 35.5. The van der Waals surface area contributed by atoms with Crippen LogP contribution in [0.4, 0.5) is 0 Å². The summed E-state index contributed by atoms with van der Waals surface area (Å²) in [6, 6.07) is 12.6. The molecule has 0 saturated heterocycles. The summed E-state index contributed by atoms with van der Waals surface area (Å²) in [5, 5.41) is 13.8. The van der Waals surface area contributed by atoms with Crippen LogP contribution in [0.3, 0.4) is 0 Å². The zero-order valence-corrected chi connectivity index (χ0v) is 14.7. The largest absolute Gasteiger partial charge is 0.618 e. The van der Waals surface area contributed by atoms with Crippen LogP contribution < -0.4 is 9.47 Å². The predicted molar refractivity (Wildman–Crippen MR) is 95.0 cm³/mol. The van der Waals surface area contributed by atoms with Gasteiger partial charge in [0.15, 0.2) is 6.20 Å². The highest BCUT2D eigenvalue weighted by molar-refractivity contribution is 6.45. The molecular weight excluding hydrogens is 365 g/mol. The lowest BCUT2D eigenvalue weighted by Crippen LogP contribution is -2.35. The van der Waals surface area contributed by atoms with Gasteiger partial charge in [-0.15, -0.1) is 0 Å². The number of pyridine rings is 1. The van der Waals surface area contributed by atoms with Gasteiger partial charge in [0.2, 0.25) is 5.75 Å². The molecule has 0 aliphatic heterocycles. The van der Waals surface area contributed by atoms with Crippen molar-refractivity contribution in [2.75, 3.05) is 7.11 Å². The van der Waals surface area contributed by atoms with E-state index in [0.29, 0.717) is 20.5 Å². The Hall–Kier alpha value is -2.50. The van der Waals surface area contributed by atoms with E-state index in [4.69, 9.17) is 32.7 Å². The number of fused-ring (bicyclic) bond motifs is 1. The van der Waals surface area contributed by atoms with Gasteiger partial charge in [-0.05, 0) is 17.7 Å². The minimum atomic E-state index is -0.800. The first-order chi connectivity index (χ1) is 12.0. The topological polar surface area (TPSA) is 62.5 Å². The molecule has 0 aliphatic rings. The molecule has 7 heteroatoms. The molecule has 3 aromatic rings. The molecule has 0 bridgehead atoms. The lowest BCUT2D eigenvalue weighted by molar-refractivity contribution is -0.607. The Morgan fingerprint density at radius 3 is 2.52 bits per heavy atom. The molecule has 3 rings (SSSR count). The summed E-state index contributed by atoms with van der Waals surface area (Å²) in [4.78, 5) is 12.1. The van der Waals surface area contributed by atoms with E-state index < -0.39 is 5.97 Å². The normalized spacial score (nSPS) is 10.7. The fourth-order valence-electron chi connectivity index (χ4n) is 2.46. The lowest BCUT2D eigenvalue weighted by atomic mass is 10.1. The van der Waals surface area contributed by atoms with Crippen molar-refractivity contribution >= 4 is 39.9 Å². The Morgan fingerprint density at radius 2 is 1.84 bits per heavy atom. The summed E-state index contributed by atoms with van der Waals surface area (Å²) in [6.07, 6.45) is 1.19. The van der Waals surface area contributed by atoms with Gasteiger partial charge in [-0.1, -0.05) is 53.5 Å². The third-order valence-corrected chi connectivity index (χ3v) is 4.48. The molecule has 0 spiro atoms. The molecule has 0 amide bonds. The number of hydrogen-bond acceptors (Lipinski definition) is 4. The molecule has 0 fully saturated rings. The highest BCUT2D eigenvalue weighted by Crippen LogP contribution is 2.36. The smallest absolute Gasteiger partial charge is 0.408 e. The van der Waals surface area contributed by atoms with Crippen molar-refractivity contribution < 1.29 is 19.0 Å². The van der Waals surface area contributed by atoms with Gasteiger partial charge in [0.25, 0.3) is 0 Å². The molecular formula is C18H13Cl2NO4. The van der Waals surface area contributed by atoms with E-state index in [0.717, 1.165) is 5.56 Å². The number of esters is 1. The number of methoxy groups -OCH3 is 1. The highest BCUT2D eigenvalue weighted by Gasteiger charge is 2.28. The van der Waals surface area contributed by atoms with Gasteiger partial charge in [-0.2, -0.15) is 4.73 Å². The second-order valence-corrected chi connectivity index (χ2v) is 6.01. The molecule has 5 nitrogen and oxygen atoms in total. The molecule has 0 aliphatic carbocycles. The molecule has 0 saturated carbocycles. The van der Waals surface area contributed by atoms with Gasteiger partial charge in [-0.25, -0.2) is 4.79 Å². The van der Waals surface area contributed by atoms with Crippen LogP contribution in [0, 0.1) is 5.21 Å². The van der Waals surface area contributed by atoms with Crippen LogP contribution >= 0.6 is 23.2 Å². The van der Waals surface area contributed by atoms with Crippen LogP contribution in [0.5, 0.6) is 5.75 Å². The maximum atomic E-state index is 12.4. The number of benzene rings is 2. The van der Waals surface area contributed by atoms with E-state index in [9.17, 15) is 10.0 Å². The van der Waals surface area contributed by atoms with Gasteiger partial charge in [-0.3, -0.25) is 0 Å². The SMILES string of the molecule is COC(=O)c1c(OCc2ccccc2)c2ccc(Cl)c(Cl)c2c[n+]1[O-]. The van der Waals surface area contributed by atoms with Crippen molar-refractivity contribution in [3.05, 3.63) is 75.2 Å². The molecule has 128 valence electrons. The van der Waals surface area contributed by atoms with Crippen LogP contribution in [0.2, 0.25) is 10.0 Å². The monoisotopic (exact) mass is 377 g/mol. The van der Waals surface area contributed by atoms with Gasteiger partial charge < -0.3 is 14.7 Å². The number of aromatic nitrogens is 1. The van der Waals surface area contributed by atoms with E-state index >= 15 is 0 Å². The number of carbonyl (C=O) groups is 1. The van der Waals surface area contributed by atoms with Crippen molar-refractivity contribution in [2.24, 2.45) is 0 Å². The Bertz CT molecular complexity index is 945. The molecule has 2 aromatic carbocycles. The lowest BCUT2D eigenvalue weighted by Gasteiger charge is -2.14. The Balaban J connectivity index is 2.17. The van der Waals surface area contributed by atoms with Crippen molar-refractivity contribution in [3.8, 4) is 5.75 Å². The number of ether oxygens (including phenoxy) is 2. The van der Waals surface area contributed by atoms with Crippen molar-refractivity contribution in [3.63, 3.8) is 0 Å². The van der Waals surface area contributed by atoms with Crippen molar-refractivity contribution in [1.29, 1.82) is 0 Å². The molecule has 1 heterocycles. The van der Waals surface area contributed by atoms with E-state index in [1.165, 1.54) is 13.3 Å². The van der Waals surface area contributed by atoms with Gasteiger partial charge in [0, 0.05) is 5.39 Å². The first-order valence-corrected chi connectivity index (χ1v) is 8.07. The second kappa shape index (κ2) is 7.17. The summed E-state index contributed by atoms with van der Waals surface area (Å²) in [6.45, 7) is 0.171. The summed E-state index contributed by atoms with van der Waals surface area (Å²) < 4.78 is 10.9. The summed E-state index contributed by atoms with van der Waals surface area (Å²) in [7, 11) is 1.20. The Labute approximate surface area is 153 Å². The van der Waals surface area contributed by atoms with Crippen LogP contribution in [0.15, 0.2) is 48.7 Å². The molecule has 25 heavy (non-hydrogen) atoms. The van der Waals surface area contributed by atoms with Gasteiger partial charge >= 0.3 is 11.7 Å². The summed E-state index contributed by atoms with van der Waals surface area (Å²) in [5.74, 6) is -0.701. The average Bonchev–Trinajstić information content (AvgIpc) is 2.63. The van der Waals surface area contributed by atoms with Gasteiger partial charge in [0.1, 0.15) is 6.61 Å². The second-order valence-electron chi connectivity index (χ2n) is 5.22. The third-order valence-electron chi connectivity index (χ3n) is 3.66. The zero-order chi connectivity index (χ0) is 18.0. The van der Waals surface area contributed by atoms with E-state index in [1.54, 1.807) is 12.1 Å². The standard InChI is InChI=1S/C18H13Cl2NO4/c1-24-18(22)16-17(25-10-11-5-3-2-4-6-11)12-7-8-14(19)15(20)13(12)9-21(16)23/h2-9H,10H2,1H3. The number of halogens is 2. The quantitative estimate of drug-likeness (QED) is 0.389. The molecule has 0 atom stereocenters. The minimum Gasteiger partial charge on any atom is -0.618 e. The molecule has 1 aromatic heterocycles. The van der Waals surface area contributed by atoms with Crippen LogP contribution in [-0.4, -0.2) is 13.1 Å². The Morgan fingerprint density at radius 1 is 1.12 bits per heavy atom. The molecule has 0 unspecified atom stereocenters. The first kappa shape index (κ1) is 17.3. The minimum absolute atomic E-state index is 0.0989. The van der Waals surface area contributed by atoms with Gasteiger partial charge in [0.05, 0.1) is 22.5 Å². The summed E-state index contributed by atoms with van der Waals surface area (Å²) in [5.41, 5.74) is 0.636. The van der Waals surface area contributed by atoms with Crippen LogP contribution in [0.25, 0.3) is 10.8 Å². The average molecular weight is 378 g/mol. The maximum Gasteiger partial charge on any atom is 0.408 e. The first-order valence-electron chi connectivity index (χ1n) is 7.32. The number of rotatable bonds is 4. The van der Waals surface area contributed by atoms with Crippen molar-refractivity contribution in [1.82, 2.24) is 0 Å². The Kier molecular flexibility index (Phi) is 4.97.